The summed E-state index contributed by atoms with van der Waals surface area (Å²) in [5.41, 5.74) is 1.75. The van der Waals surface area contributed by atoms with Gasteiger partial charge in [0.15, 0.2) is 17.2 Å². The fourth-order valence-corrected chi connectivity index (χ4v) is 3.65. The summed E-state index contributed by atoms with van der Waals surface area (Å²) in [5, 5.41) is 0. The molecule has 0 radical (unpaired) electrons. The Morgan fingerprint density at radius 3 is 2.62 bits per heavy atom. The third-order valence-corrected chi connectivity index (χ3v) is 5.29. The van der Waals surface area contributed by atoms with E-state index in [4.69, 9.17) is 18.9 Å². The number of para-hydroxylation sites is 1. The van der Waals surface area contributed by atoms with E-state index in [2.05, 4.69) is 20.9 Å². The summed E-state index contributed by atoms with van der Waals surface area (Å²) in [7, 11) is 1.48. The summed E-state index contributed by atoms with van der Waals surface area (Å²) in [4.78, 5) is 29.4. The summed E-state index contributed by atoms with van der Waals surface area (Å²) in [6, 6.07) is 19.1. The zero-order valence-electron chi connectivity index (χ0n) is 18.4. The van der Waals surface area contributed by atoms with Gasteiger partial charge in [-0.3, -0.25) is 0 Å². The van der Waals surface area contributed by atoms with Crippen molar-refractivity contribution < 1.29 is 28.5 Å². The molecule has 1 aliphatic heterocycles. The molecular formula is C26H20BrNO6. The maximum atomic E-state index is 12.7. The van der Waals surface area contributed by atoms with Crippen molar-refractivity contribution in [2.75, 3.05) is 13.7 Å². The molecule has 3 aromatic rings. The molecule has 1 aliphatic rings. The number of esters is 2. The number of rotatable bonds is 7. The highest BCUT2D eigenvalue weighted by Crippen LogP contribution is 2.32. The molecule has 0 N–H and O–H groups in total. The Labute approximate surface area is 204 Å². The Morgan fingerprint density at radius 2 is 1.85 bits per heavy atom. The molecule has 0 fully saturated rings. The standard InChI is InChI=1S/C26H20BrNO6/c1-3-32-23-14-16(11-12-22(23)33-25(29)19-9-4-5-10-21(19)31-2)13-20-26(30)34-24(28-20)17-7-6-8-18(27)15-17/h4-15H,3H2,1-2H3. The minimum absolute atomic E-state index is 0.149. The van der Waals surface area contributed by atoms with E-state index in [1.807, 2.05) is 25.1 Å². The number of halogens is 1. The average molecular weight is 522 g/mol. The van der Waals surface area contributed by atoms with Crippen LogP contribution < -0.4 is 14.2 Å². The van der Waals surface area contributed by atoms with Crippen molar-refractivity contribution in [2.45, 2.75) is 6.92 Å². The summed E-state index contributed by atoms with van der Waals surface area (Å²) in [6.07, 6.45) is 1.58. The van der Waals surface area contributed by atoms with Gasteiger partial charge < -0.3 is 18.9 Å². The number of hydrogen-bond acceptors (Lipinski definition) is 7. The first-order valence-electron chi connectivity index (χ1n) is 10.4. The molecule has 7 nitrogen and oxygen atoms in total. The van der Waals surface area contributed by atoms with Gasteiger partial charge in [-0.25, -0.2) is 14.6 Å². The first-order valence-corrected chi connectivity index (χ1v) is 11.2. The van der Waals surface area contributed by atoms with Gasteiger partial charge in [0.2, 0.25) is 5.90 Å². The molecule has 34 heavy (non-hydrogen) atoms. The second-order valence-electron chi connectivity index (χ2n) is 7.08. The Kier molecular flexibility index (Phi) is 7.08. The quantitative estimate of drug-likeness (QED) is 0.234. The van der Waals surface area contributed by atoms with Gasteiger partial charge in [0, 0.05) is 10.0 Å². The van der Waals surface area contributed by atoms with Gasteiger partial charge in [0.05, 0.1) is 13.7 Å². The number of carbonyl (C=O) groups excluding carboxylic acids is 2. The highest BCUT2D eigenvalue weighted by Gasteiger charge is 2.24. The number of hydrogen-bond donors (Lipinski definition) is 0. The predicted molar refractivity (Wildman–Crippen MR) is 130 cm³/mol. The van der Waals surface area contributed by atoms with Crippen molar-refractivity contribution in [1.29, 1.82) is 0 Å². The minimum atomic E-state index is -0.577. The van der Waals surface area contributed by atoms with Crippen molar-refractivity contribution in [1.82, 2.24) is 0 Å². The highest BCUT2D eigenvalue weighted by atomic mass is 79.9. The molecule has 1 heterocycles. The molecule has 0 unspecified atom stereocenters. The molecule has 0 atom stereocenters. The van der Waals surface area contributed by atoms with Crippen LogP contribution in [0.15, 0.2) is 81.9 Å². The van der Waals surface area contributed by atoms with Crippen LogP contribution in [0, 0.1) is 0 Å². The number of ether oxygens (including phenoxy) is 4. The molecule has 4 rings (SSSR count). The molecule has 0 amide bonds. The maximum absolute atomic E-state index is 12.7. The first kappa shape index (κ1) is 23.3. The zero-order chi connectivity index (χ0) is 24.1. The van der Waals surface area contributed by atoms with Crippen molar-refractivity contribution in [3.8, 4) is 17.2 Å². The van der Waals surface area contributed by atoms with Gasteiger partial charge in [0.1, 0.15) is 11.3 Å². The molecule has 3 aromatic carbocycles. The molecule has 0 saturated heterocycles. The summed E-state index contributed by atoms with van der Waals surface area (Å²) in [6.45, 7) is 2.17. The molecule has 0 saturated carbocycles. The summed E-state index contributed by atoms with van der Waals surface area (Å²) < 4.78 is 22.6. The lowest BCUT2D eigenvalue weighted by Crippen LogP contribution is -2.11. The monoisotopic (exact) mass is 521 g/mol. The lowest BCUT2D eigenvalue weighted by molar-refractivity contribution is -0.129. The van der Waals surface area contributed by atoms with Crippen LogP contribution in [0.4, 0.5) is 0 Å². The molecule has 0 aliphatic carbocycles. The van der Waals surface area contributed by atoms with E-state index >= 15 is 0 Å². The minimum Gasteiger partial charge on any atom is -0.496 e. The second kappa shape index (κ2) is 10.4. The fraction of sp³-hybridized carbons (Fsp3) is 0.115. The van der Waals surface area contributed by atoms with Gasteiger partial charge in [-0.1, -0.05) is 40.2 Å². The normalized spacial score (nSPS) is 13.9. The predicted octanol–water partition coefficient (Wildman–Crippen LogP) is 5.42. The number of aliphatic imine (C=N–C) groups is 1. The van der Waals surface area contributed by atoms with Gasteiger partial charge in [-0.05, 0) is 61.0 Å². The van der Waals surface area contributed by atoms with Crippen LogP contribution in [0.2, 0.25) is 0 Å². The van der Waals surface area contributed by atoms with Crippen LogP contribution in [0.1, 0.15) is 28.4 Å². The molecule has 172 valence electrons. The Hall–Kier alpha value is -3.91. The number of methoxy groups -OCH3 is 1. The van der Waals surface area contributed by atoms with Crippen molar-refractivity contribution in [3.63, 3.8) is 0 Å². The van der Waals surface area contributed by atoms with Gasteiger partial charge >= 0.3 is 11.9 Å². The van der Waals surface area contributed by atoms with Crippen LogP contribution in [0.3, 0.4) is 0 Å². The maximum Gasteiger partial charge on any atom is 0.363 e. The van der Waals surface area contributed by atoms with Crippen molar-refractivity contribution in [3.05, 3.63) is 93.6 Å². The van der Waals surface area contributed by atoms with E-state index in [0.717, 1.165) is 4.47 Å². The molecule has 0 aromatic heterocycles. The zero-order valence-corrected chi connectivity index (χ0v) is 20.0. The van der Waals surface area contributed by atoms with Crippen molar-refractivity contribution >= 4 is 39.8 Å². The number of nitrogens with zero attached hydrogens (tertiary/aromatic N) is 1. The SMILES string of the molecule is CCOc1cc(C=C2N=C(c3cccc(Br)c3)OC2=O)ccc1OC(=O)c1ccccc1OC. The van der Waals surface area contributed by atoms with E-state index in [0.29, 0.717) is 34.8 Å². The Morgan fingerprint density at radius 1 is 1.03 bits per heavy atom. The van der Waals surface area contributed by atoms with E-state index < -0.39 is 11.9 Å². The smallest absolute Gasteiger partial charge is 0.363 e. The lowest BCUT2D eigenvalue weighted by Gasteiger charge is -2.12. The molecule has 0 spiro atoms. The van der Waals surface area contributed by atoms with Crippen molar-refractivity contribution in [2.24, 2.45) is 4.99 Å². The number of benzene rings is 3. The summed E-state index contributed by atoms with van der Waals surface area (Å²) >= 11 is 3.40. The third-order valence-electron chi connectivity index (χ3n) is 4.79. The van der Waals surface area contributed by atoms with E-state index in [1.165, 1.54) is 7.11 Å². The highest BCUT2D eigenvalue weighted by molar-refractivity contribution is 9.10. The van der Waals surface area contributed by atoms with E-state index in [-0.39, 0.29) is 17.3 Å². The Bertz CT molecular complexity index is 1310. The van der Waals surface area contributed by atoms with Crippen LogP contribution >= 0.6 is 15.9 Å². The Balaban J connectivity index is 1.60. The largest absolute Gasteiger partial charge is 0.496 e. The lowest BCUT2D eigenvalue weighted by atomic mass is 10.1. The van der Waals surface area contributed by atoms with Crippen LogP contribution in [-0.2, 0) is 9.53 Å². The molecular weight excluding hydrogens is 502 g/mol. The van der Waals surface area contributed by atoms with E-state index in [1.54, 1.807) is 54.6 Å². The topological polar surface area (TPSA) is 83.4 Å². The first-order chi connectivity index (χ1) is 16.5. The van der Waals surface area contributed by atoms with Gasteiger partial charge in [-0.15, -0.1) is 0 Å². The summed E-state index contributed by atoms with van der Waals surface area (Å²) in [5.74, 6) is 0.0947. The van der Waals surface area contributed by atoms with Crippen LogP contribution in [-0.4, -0.2) is 31.6 Å². The molecule has 8 heteroatoms. The van der Waals surface area contributed by atoms with Crippen LogP contribution in [0.5, 0.6) is 17.2 Å². The van der Waals surface area contributed by atoms with Gasteiger partial charge in [0.25, 0.3) is 0 Å². The average Bonchev–Trinajstić information content (AvgIpc) is 3.21. The van der Waals surface area contributed by atoms with Crippen LogP contribution in [0.25, 0.3) is 6.08 Å². The number of carbonyl (C=O) groups is 2. The molecule has 0 bridgehead atoms. The third kappa shape index (κ3) is 5.18. The van der Waals surface area contributed by atoms with E-state index in [9.17, 15) is 9.59 Å². The van der Waals surface area contributed by atoms with Gasteiger partial charge in [-0.2, -0.15) is 0 Å². The number of cyclic esters (lactones) is 1. The second-order valence-corrected chi connectivity index (χ2v) is 7.99. The fourth-order valence-electron chi connectivity index (χ4n) is 3.25.